The topological polar surface area (TPSA) is 66.8 Å². The second-order valence-electron chi connectivity index (χ2n) is 5.23. The van der Waals surface area contributed by atoms with Gasteiger partial charge in [0.1, 0.15) is 12.4 Å². The number of carboxylic acids is 1. The van der Waals surface area contributed by atoms with Crippen LogP contribution in [0, 0.1) is 0 Å². The number of aliphatic hydroxyl groups is 1. The number of benzene rings is 1. The van der Waals surface area contributed by atoms with Crippen LogP contribution in [0.5, 0.6) is 5.75 Å². The van der Waals surface area contributed by atoms with E-state index in [9.17, 15) is 23.1 Å². The van der Waals surface area contributed by atoms with Crippen molar-refractivity contribution in [3.63, 3.8) is 0 Å². The van der Waals surface area contributed by atoms with E-state index < -0.39 is 34.6 Å². The molecule has 0 saturated heterocycles. The summed E-state index contributed by atoms with van der Waals surface area (Å²) in [5.74, 6) is -1.91. The van der Waals surface area contributed by atoms with Crippen LogP contribution in [0.25, 0.3) is 0 Å². The smallest absolute Gasteiger partial charge is 0.419 e. The summed E-state index contributed by atoms with van der Waals surface area (Å²) in [5, 5.41) is 18.8. The fourth-order valence-electron chi connectivity index (χ4n) is 2.40. The minimum atomic E-state index is -4.72. The second-order valence-corrected chi connectivity index (χ2v) is 5.23. The van der Waals surface area contributed by atoms with E-state index in [0.717, 1.165) is 25.0 Å². The number of alkyl halides is 3. The molecule has 1 aromatic rings. The summed E-state index contributed by atoms with van der Waals surface area (Å²) in [6.07, 6.45) is -2.13. The highest BCUT2D eigenvalue weighted by Crippen LogP contribution is 2.38. The number of halogens is 3. The molecule has 0 unspecified atom stereocenters. The van der Waals surface area contributed by atoms with E-state index in [-0.39, 0.29) is 6.61 Å². The Hall–Kier alpha value is -1.76. The third-order valence-corrected chi connectivity index (χ3v) is 3.56. The van der Waals surface area contributed by atoms with E-state index in [1.807, 2.05) is 0 Å². The van der Waals surface area contributed by atoms with Crippen molar-refractivity contribution in [3.8, 4) is 5.75 Å². The Morgan fingerprint density at radius 1 is 1.29 bits per heavy atom. The van der Waals surface area contributed by atoms with Crippen LogP contribution in [0.4, 0.5) is 13.2 Å². The first-order chi connectivity index (χ1) is 9.71. The van der Waals surface area contributed by atoms with E-state index in [0.29, 0.717) is 18.9 Å². The highest BCUT2D eigenvalue weighted by molar-refractivity contribution is 5.88. The van der Waals surface area contributed by atoms with Gasteiger partial charge < -0.3 is 14.9 Å². The van der Waals surface area contributed by atoms with Gasteiger partial charge in [0.25, 0.3) is 0 Å². The van der Waals surface area contributed by atoms with E-state index in [4.69, 9.17) is 9.84 Å². The van der Waals surface area contributed by atoms with E-state index >= 15 is 0 Å². The maximum absolute atomic E-state index is 13.0. The van der Waals surface area contributed by atoms with E-state index in [1.54, 1.807) is 0 Å². The lowest BCUT2D eigenvalue weighted by Crippen LogP contribution is -2.32. The molecule has 1 aliphatic rings. The Morgan fingerprint density at radius 2 is 1.90 bits per heavy atom. The monoisotopic (exact) mass is 304 g/mol. The van der Waals surface area contributed by atoms with Gasteiger partial charge in [0.2, 0.25) is 0 Å². The number of carbonyl (C=O) groups is 1. The summed E-state index contributed by atoms with van der Waals surface area (Å²) in [5.41, 5.74) is -2.72. The fourth-order valence-corrected chi connectivity index (χ4v) is 2.40. The molecule has 0 atom stereocenters. The van der Waals surface area contributed by atoms with Gasteiger partial charge in [-0.3, -0.25) is 0 Å². The molecule has 0 amide bonds. The predicted octanol–water partition coefficient (Wildman–Crippen LogP) is 3.09. The van der Waals surface area contributed by atoms with Gasteiger partial charge in [0.15, 0.2) is 0 Å². The standard InChI is InChI=1S/C14H15F3O4/c15-14(16,17)10-7-9(12(18)19)3-4-11(10)21-8-13(20)5-1-2-6-13/h3-4,7,20H,1-2,5-6,8H2,(H,18,19). The second kappa shape index (κ2) is 5.55. The lowest BCUT2D eigenvalue weighted by atomic mass is 10.0. The van der Waals surface area contributed by atoms with Crippen LogP contribution in [0.15, 0.2) is 18.2 Å². The first-order valence-electron chi connectivity index (χ1n) is 6.51. The largest absolute Gasteiger partial charge is 0.490 e. The molecule has 21 heavy (non-hydrogen) atoms. The summed E-state index contributed by atoms with van der Waals surface area (Å²) in [6.45, 7) is -0.234. The van der Waals surface area contributed by atoms with Gasteiger partial charge in [0.05, 0.1) is 16.7 Å². The lowest BCUT2D eigenvalue weighted by Gasteiger charge is -2.23. The summed E-state index contributed by atoms with van der Waals surface area (Å²) in [4.78, 5) is 10.8. The molecule has 2 N–H and O–H groups in total. The Labute approximate surface area is 119 Å². The molecule has 0 heterocycles. The molecule has 4 nitrogen and oxygen atoms in total. The SMILES string of the molecule is O=C(O)c1ccc(OCC2(O)CCCC2)c(C(F)(F)F)c1. The molecule has 1 fully saturated rings. The van der Waals surface area contributed by atoms with Gasteiger partial charge in [0, 0.05) is 0 Å². The van der Waals surface area contributed by atoms with Gasteiger partial charge in [-0.1, -0.05) is 12.8 Å². The molecule has 1 saturated carbocycles. The number of carboxylic acid groups (broad SMARTS) is 1. The van der Waals surface area contributed by atoms with Crippen LogP contribution < -0.4 is 4.74 Å². The third-order valence-electron chi connectivity index (χ3n) is 3.56. The van der Waals surface area contributed by atoms with E-state index in [2.05, 4.69) is 0 Å². The molecule has 0 aliphatic heterocycles. The van der Waals surface area contributed by atoms with Crippen molar-refractivity contribution in [3.05, 3.63) is 29.3 Å². The van der Waals surface area contributed by atoms with Crippen LogP contribution in [0.2, 0.25) is 0 Å². The average Bonchev–Trinajstić information content (AvgIpc) is 2.82. The van der Waals surface area contributed by atoms with Crippen molar-refractivity contribution in [1.29, 1.82) is 0 Å². The van der Waals surface area contributed by atoms with Gasteiger partial charge in [-0.25, -0.2) is 4.79 Å². The van der Waals surface area contributed by atoms with Crippen LogP contribution in [0.1, 0.15) is 41.6 Å². The molecule has 1 aromatic carbocycles. The number of hydrogen-bond acceptors (Lipinski definition) is 3. The zero-order chi connectivity index (χ0) is 15.7. The number of rotatable bonds is 4. The molecule has 0 bridgehead atoms. The van der Waals surface area contributed by atoms with Gasteiger partial charge in [-0.15, -0.1) is 0 Å². The quantitative estimate of drug-likeness (QED) is 0.897. The number of hydrogen-bond donors (Lipinski definition) is 2. The minimum Gasteiger partial charge on any atom is -0.490 e. The maximum atomic E-state index is 13.0. The zero-order valence-corrected chi connectivity index (χ0v) is 11.1. The summed E-state index contributed by atoms with van der Waals surface area (Å²) in [7, 11) is 0. The van der Waals surface area contributed by atoms with Crippen molar-refractivity contribution in [2.75, 3.05) is 6.61 Å². The lowest BCUT2D eigenvalue weighted by molar-refractivity contribution is -0.139. The van der Waals surface area contributed by atoms with E-state index in [1.165, 1.54) is 0 Å². The average molecular weight is 304 g/mol. The number of aromatic carboxylic acids is 1. The highest BCUT2D eigenvalue weighted by atomic mass is 19.4. The molecule has 0 spiro atoms. The van der Waals surface area contributed by atoms with Gasteiger partial charge in [-0.2, -0.15) is 13.2 Å². The summed E-state index contributed by atoms with van der Waals surface area (Å²) < 4.78 is 44.0. The number of ether oxygens (including phenoxy) is 1. The van der Waals surface area contributed by atoms with Crippen molar-refractivity contribution < 1.29 is 32.9 Å². The predicted molar refractivity (Wildman–Crippen MR) is 67.3 cm³/mol. The summed E-state index contributed by atoms with van der Waals surface area (Å²) in [6, 6.07) is 2.56. The molecule has 1 aliphatic carbocycles. The fraction of sp³-hybridized carbons (Fsp3) is 0.500. The van der Waals surface area contributed by atoms with Gasteiger partial charge >= 0.3 is 12.1 Å². The van der Waals surface area contributed by atoms with Crippen molar-refractivity contribution in [1.82, 2.24) is 0 Å². The molecule has 2 rings (SSSR count). The molecule has 7 heteroatoms. The Balaban J connectivity index is 2.23. The Bertz CT molecular complexity index is 534. The van der Waals surface area contributed by atoms with Crippen molar-refractivity contribution in [2.24, 2.45) is 0 Å². The van der Waals surface area contributed by atoms with Crippen molar-refractivity contribution in [2.45, 2.75) is 37.5 Å². The molecule has 0 radical (unpaired) electrons. The van der Waals surface area contributed by atoms with Crippen molar-refractivity contribution >= 4 is 5.97 Å². The first-order valence-corrected chi connectivity index (χ1v) is 6.51. The van der Waals surface area contributed by atoms with Crippen LogP contribution in [0.3, 0.4) is 0 Å². The van der Waals surface area contributed by atoms with Crippen LogP contribution >= 0.6 is 0 Å². The molecular weight excluding hydrogens is 289 g/mol. The molecule has 116 valence electrons. The maximum Gasteiger partial charge on any atom is 0.419 e. The summed E-state index contributed by atoms with van der Waals surface area (Å²) >= 11 is 0. The van der Waals surface area contributed by atoms with Crippen LogP contribution in [-0.2, 0) is 6.18 Å². The third kappa shape index (κ3) is 3.66. The van der Waals surface area contributed by atoms with Gasteiger partial charge in [-0.05, 0) is 31.0 Å². The molecular formula is C14H15F3O4. The Morgan fingerprint density at radius 3 is 2.43 bits per heavy atom. The van der Waals surface area contributed by atoms with Crippen LogP contribution in [-0.4, -0.2) is 28.4 Å². The zero-order valence-electron chi connectivity index (χ0n) is 11.1. The minimum absolute atomic E-state index is 0.234. The normalized spacial score (nSPS) is 17.7. The highest BCUT2D eigenvalue weighted by Gasteiger charge is 2.37. The first kappa shape index (κ1) is 15.6. The molecule has 0 aromatic heterocycles. The Kier molecular flexibility index (Phi) is 4.13.